The van der Waals surface area contributed by atoms with Gasteiger partial charge in [-0.25, -0.2) is 0 Å². The van der Waals surface area contributed by atoms with Gasteiger partial charge >= 0.3 is 0 Å². The fourth-order valence-electron chi connectivity index (χ4n) is 2.35. The number of carbonyl (C=O) groups excluding carboxylic acids is 1. The molecule has 1 aliphatic heterocycles. The third-order valence-corrected chi connectivity index (χ3v) is 3.54. The molecule has 1 amide bonds. The van der Waals surface area contributed by atoms with Gasteiger partial charge in [-0.3, -0.25) is 9.69 Å². The van der Waals surface area contributed by atoms with Crippen LogP contribution in [0.4, 0.5) is 0 Å². The molecule has 1 saturated heterocycles. The lowest BCUT2D eigenvalue weighted by Gasteiger charge is -2.18. The molecule has 3 nitrogen and oxygen atoms in total. The van der Waals surface area contributed by atoms with E-state index in [0.717, 1.165) is 19.4 Å². The van der Waals surface area contributed by atoms with Gasteiger partial charge < -0.3 is 5.32 Å². The number of nitrogens with one attached hydrogen (secondary N) is 1. The smallest absolute Gasteiger partial charge is 0.237 e. The highest BCUT2D eigenvalue weighted by Crippen LogP contribution is 2.15. The van der Waals surface area contributed by atoms with Crippen molar-refractivity contribution in [1.29, 1.82) is 0 Å². The molecule has 0 aromatic heterocycles. The number of benzene rings is 1. The molecule has 0 bridgehead atoms. The van der Waals surface area contributed by atoms with Crippen LogP contribution in [0.1, 0.15) is 24.0 Å². The number of likely N-dealkylation sites (tertiary alicyclic amines) is 1. The van der Waals surface area contributed by atoms with Crippen molar-refractivity contribution in [3.05, 3.63) is 35.4 Å². The van der Waals surface area contributed by atoms with E-state index >= 15 is 0 Å². The van der Waals surface area contributed by atoms with Crippen LogP contribution in [0.25, 0.3) is 0 Å². The molecule has 2 rings (SSSR count). The summed E-state index contributed by atoms with van der Waals surface area (Å²) in [5.41, 5.74) is 2.43. The maximum atomic E-state index is 12.0. The molecule has 1 N–H and O–H groups in total. The maximum absolute atomic E-state index is 12.0. The van der Waals surface area contributed by atoms with Crippen molar-refractivity contribution in [2.75, 3.05) is 13.6 Å². The Hall–Kier alpha value is -1.35. The number of aryl methyl sites for hydroxylation is 1. The minimum absolute atomic E-state index is 0.0685. The van der Waals surface area contributed by atoms with Gasteiger partial charge in [-0.05, 0) is 44.5 Å². The highest BCUT2D eigenvalue weighted by molar-refractivity contribution is 5.82. The molecule has 92 valence electrons. The Bertz CT molecular complexity index is 403. The second-order valence-electron chi connectivity index (χ2n) is 4.78. The van der Waals surface area contributed by atoms with Crippen LogP contribution in [-0.2, 0) is 11.3 Å². The standard InChI is InChI=1S/C14H20N2O/c1-11-6-3-4-7-12(11)10-15-14(17)13-8-5-9-16(13)2/h3-4,6-7,13H,5,8-10H2,1-2H3,(H,15,17). The van der Waals surface area contributed by atoms with Gasteiger partial charge in [-0.15, -0.1) is 0 Å². The molecule has 3 heteroatoms. The van der Waals surface area contributed by atoms with Crippen molar-refractivity contribution in [3.8, 4) is 0 Å². The first-order valence-electron chi connectivity index (χ1n) is 6.21. The summed E-state index contributed by atoms with van der Waals surface area (Å²) in [6, 6.07) is 8.23. The predicted molar refractivity (Wildman–Crippen MR) is 68.7 cm³/mol. The van der Waals surface area contributed by atoms with E-state index in [9.17, 15) is 4.79 Å². The quantitative estimate of drug-likeness (QED) is 0.860. The Labute approximate surface area is 103 Å². The topological polar surface area (TPSA) is 32.3 Å². The predicted octanol–water partition coefficient (Wildman–Crippen LogP) is 1.71. The van der Waals surface area contributed by atoms with E-state index in [4.69, 9.17) is 0 Å². The Balaban J connectivity index is 1.90. The second-order valence-corrected chi connectivity index (χ2v) is 4.78. The molecule has 1 aliphatic rings. The summed E-state index contributed by atoms with van der Waals surface area (Å²) in [7, 11) is 2.02. The molecule has 1 unspecified atom stereocenters. The van der Waals surface area contributed by atoms with E-state index in [1.165, 1.54) is 11.1 Å². The molecular formula is C14H20N2O. The van der Waals surface area contributed by atoms with Crippen molar-refractivity contribution >= 4 is 5.91 Å². The maximum Gasteiger partial charge on any atom is 0.237 e. The van der Waals surface area contributed by atoms with Gasteiger partial charge in [0.25, 0.3) is 0 Å². The summed E-state index contributed by atoms with van der Waals surface area (Å²) >= 11 is 0. The first kappa shape index (κ1) is 12.1. The van der Waals surface area contributed by atoms with E-state index in [0.29, 0.717) is 6.54 Å². The average molecular weight is 232 g/mol. The van der Waals surface area contributed by atoms with Crippen molar-refractivity contribution in [2.45, 2.75) is 32.4 Å². The van der Waals surface area contributed by atoms with Crippen molar-refractivity contribution in [3.63, 3.8) is 0 Å². The molecule has 1 heterocycles. The molecular weight excluding hydrogens is 212 g/mol. The molecule has 1 aromatic carbocycles. The van der Waals surface area contributed by atoms with Gasteiger partial charge in [0, 0.05) is 6.54 Å². The average Bonchev–Trinajstić information content (AvgIpc) is 2.74. The van der Waals surface area contributed by atoms with Crippen molar-refractivity contribution in [2.24, 2.45) is 0 Å². The molecule has 17 heavy (non-hydrogen) atoms. The second kappa shape index (κ2) is 5.32. The number of rotatable bonds is 3. The van der Waals surface area contributed by atoms with Gasteiger partial charge in [0.05, 0.1) is 6.04 Å². The van der Waals surface area contributed by atoms with Gasteiger partial charge in [0.1, 0.15) is 0 Å². The van der Waals surface area contributed by atoms with E-state index in [1.54, 1.807) is 0 Å². The number of nitrogens with zero attached hydrogens (tertiary/aromatic N) is 1. The normalized spacial score (nSPS) is 20.5. The van der Waals surface area contributed by atoms with Crippen LogP contribution in [0.2, 0.25) is 0 Å². The summed E-state index contributed by atoms with van der Waals surface area (Å²) in [5.74, 6) is 0.160. The largest absolute Gasteiger partial charge is 0.351 e. The van der Waals surface area contributed by atoms with Crippen molar-refractivity contribution < 1.29 is 4.79 Å². The van der Waals surface area contributed by atoms with Crippen LogP contribution >= 0.6 is 0 Å². The lowest BCUT2D eigenvalue weighted by molar-refractivity contribution is -0.125. The first-order chi connectivity index (χ1) is 8.18. The SMILES string of the molecule is Cc1ccccc1CNC(=O)C1CCCN1C. The summed E-state index contributed by atoms with van der Waals surface area (Å²) in [6.45, 7) is 3.74. The zero-order chi connectivity index (χ0) is 12.3. The molecule has 0 spiro atoms. The Morgan fingerprint density at radius 2 is 2.24 bits per heavy atom. The molecule has 1 aromatic rings. The minimum Gasteiger partial charge on any atom is -0.351 e. The lowest BCUT2D eigenvalue weighted by Crippen LogP contribution is -2.41. The Morgan fingerprint density at radius 1 is 1.47 bits per heavy atom. The van der Waals surface area contributed by atoms with Crippen LogP contribution < -0.4 is 5.32 Å². The van der Waals surface area contributed by atoms with Gasteiger partial charge in [-0.1, -0.05) is 24.3 Å². The molecule has 0 radical (unpaired) electrons. The fourth-order valence-corrected chi connectivity index (χ4v) is 2.35. The zero-order valence-electron chi connectivity index (χ0n) is 10.6. The minimum atomic E-state index is 0.0685. The van der Waals surface area contributed by atoms with Crippen LogP contribution in [0, 0.1) is 6.92 Å². The van der Waals surface area contributed by atoms with E-state index in [1.807, 2.05) is 19.2 Å². The molecule has 1 atom stereocenters. The number of likely N-dealkylation sites (N-methyl/N-ethyl adjacent to an activating group) is 1. The summed E-state index contributed by atoms with van der Waals surface area (Å²) in [6.07, 6.45) is 2.11. The van der Waals surface area contributed by atoms with Crippen molar-refractivity contribution in [1.82, 2.24) is 10.2 Å². The summed E-state index contributed by atoms with van der Waals surface area (Å²) in [4.78, 5) is 14.1. The van der Waals surface area contributed by atoms with E-state index in [2.05, 4.69) is 29.3 Å². The van der Waals surface area contributed by atoms with Crippen LogP contribution in [0.15, 0.2) is 24.3 Å². The summed E-state index contributed by atoms with van der Waals surface area (Å²) < 4.78 is 0. The summed E-state index contributed by atoms with van der Waals surface area (Å²) in [5, 5.41) is 3.03. The third kappa shape index (κ3) is 2.86. The highest BCUT2D eigenvalue weighted by Gasteiger charge is 2.27. The van der Waals surface area contributed by atoms with Gasteiger partial charge in [-0.2, -0.15) is 0 Å². The Morgan fingerprint density at radius 3 is 2.88 bits per heavy atom. The number of hydrogen-bond acceptors (Lipinski definition) is 2. The lowest BCUT2D eigenvalue weighted by atomic mass is 10.1. The fraction of sp³-hybridized carbons (Fsp3) is 0.500. The monoisotopic (exact) mass is 232 g/mol. The molecule has 0 saturated carbocycles. The van der Waals surface area contributed by atoms with E-state index in [-0.39, 0.29) is 11.9 Å². The number of carbonyl (C=O) groups is 1. The van der Waals surface area contributed by atoms with Gasteiger partial charge in [0.15, 0.2) is 0 Å². The van der Waals surface area contributed by atoms with E-state index < -0.39 is 0 Å². The van der Waals surface area contributed by atoms with Crippen LogP contribution in [0.3, 0.4) is 0 Å². The number of amides is 1. The van der Waals surface area contributed by atoms with Crippen LogP contribution in [-0.4, -0.2) is 30.4 Å². The Kier molecular flexibility index (Phi) is 3.79. The van der Waals surface area contributed by atoms with Crippen LogP contribution in [0.5, 0.6) is 0 Å². The number of hydrogen-bond donors (Lipinski definition) is 1. The molecule has 1 fully saturated rings. The molecule has 0 aliphatic carbocycles. The van der Waals surface area contributed by atoms with Gasteiger partial charge in [0.2, 0.25) is 5.91 Å². The highest BCUT2D eigenvalue weighted by atomic mass is 16.2. The first-order valence-corrected chi connectivity index (χ1v) is 6.21. The third-order valence-electron chi connectivity index (χ3n) is 3.54. The zero-order valence-corrected chi connectivity index (χ0v) is 10.6.